The number of carbonyl (C=O) groups excluding carboxylic acids is 2. The summed E-state index contributed by atoms with van der Waals surface area (Å²) >= 11 is 0. The van der Waals surface area contributed by atoms with Gasteiger partial charge in [0.25, 0.3) is 0 Å². The fourth-order valence-electron chi connectivity index (χ4n) is 1.63. The first-order valence-corrected chi connectivity index (χ1v) is 6.71. The molecule has 0 fully saturated rings. The van der Waals surface area contributed by atoms with Gasteiger partial charge in [-0.15, -0.1) is 6.04 Å². The van der Waals surface area contributed by atoms with Gasteiger partial charge in [-0.25, -0.2) is 0 Å². The number of nitrogens with one attached hydrogen (secondary N) is 2. The molecule has 0 heterocycles. The standard InChI is InChI=1S/C16H18N3O3.W/c1-10(18)9-22-16-6-13(8-17)4-5-14(16)7-15(11(2)20)19-12(3)21;/h4-7,10,18H,9H2,1-3H3,(H,19,21);/q-1;+2/b15-7+;. The van der Waals surface area contributed by atoms with Crippen LogP contribution in [0.5, 0.6) is 5.75 Å². The van der Waals surface area contributed by atoms with E-state index >= 15 is 0 Å². The number of benzene rings is 1. The average Bonchev–Trinajstić information content (AvgIpc) is 2.44. The van der Waals surface area contributed by atoms with Crippen molar-refractivity contribution in [1.29, 1.82) is 5.26 Å². The first-order valence-electron chi connectivity index (χ1n) is 6.71. The van der Waals surface area contributed by atoms with Crippen molar-refractivity contribution >= 4 is 17.8 Å². The van der Waals surface area contributed by atoms with Crippen LogP contribution in [-0.2, 0) is 30.7 Å². The molecule has 0 aliphatic heterocycles. The van der Waals surface area contributed by atoms with Crippen LogP contribution in [0.4, 0.5) is 0 Å². The van der Waals surface area contributed by atoms with Crippen LogP contribution in [0.1, 0.15) is 31.9 Å². The third-order valence-corrected chi connectivity index (χ3v) is 2.62. The summed E-state index contributed by atoms with van der Waals surface area (Å²) in [6, 6.07) is 6.35. The molecule has 2 N–H and O–H groups in total. The van der Waals surface area contributed by atoms with Gasteiger partial charge in [-0.1, -0.05) is 6.92 Å². The summed E-state index contributed by atoms with van der Waals surface area (Å²) < 4.78 is 5.52. The molecule has 0 bridgehead atoms. The van der Waals surface area contributed by atoms with E-state index in [0.717, 1.165) is 0 Å². The van der Waals surface area contributed by atoms with Crippen molar-refractivity contribution in [2.75, 3.05) is 6.61 Å². The van der Waals surface area contributed by atoms with Gasteiger partial charge in [-0.2, -0.15) is 5.26 Å². The molecule has 1 aromatic carbocycles. The number of Topliss-reactive ketones (excluding diaryl/α,β-unsaturated/α-hetero) is 1. The quantitative estimate of drug-likeness (QED) is 0.627. The van der Waals surface area contributed by atoms with Gasteiger partial charge in [0.1, 0.15) is 5.75 Å². The summed E-state index contributed by atoms with van der Waals surface area (Å²) in [6.07, 6.45) is 1.49. The zero-order valence-electron chi connectivity index (χ0n) is 13.2. The minimum Gasteiger partial charge on any atom is -0.672 e. The second kappa shape index (κ2) is 9.93. The van der Waals surface area contributed by atoms with Crippen molar-refractivity contribution < 1.29 is 35.4 Å². The van der Waals surface area contributed by atoms with Crippen molar-refractivity contribution in [3.63, 3.8) is 0 Å². The summed E-state index contributed by atoms with van der Waals surface area (Å²) in [5.74, 6) is -0.251. The van der Waals surface area contributed by atoms with Gasteiger partial charge >= 0.3 is 21.1 Å². The largest absolute Gasteiger partial charge is 2.00 e. The fourth-order valence-corrected chi connectivity index (χ4v) is 1.63. The van der Waals surface area contributed by atoms with Gasteiger partial charge in [0, 0.05) is 19.4 Å². The smallest absolute Gasteiger partial charge is 0.672 e. The molecule has 1 unspecified atom stereocenters. The van der Waals surface area contributed by atoms with E-state index in [1.807, 2.05) is 6.07 Å². The first kappa shape index (κ1) is 21.0. The SMILES string of the molecule is CC(=O)N/C(=C/c1ccc(C#N)cc1OCC(C)[NH-])C(C)=O.[W+2]. The maximum atomic E-state index is 11.6. The van der Waals surface area contributed by atoms with Gasteiger partial charge < -0.3 is 15.8 Å². The molecular weight excluding hydrogens is 466 g/mol. The van der Waals surface area contributed by atoms with Crippen LogP contribution in [0.25, 0.3) is 11.8 Å². The van der Waals surface area contributed by atoms with Gasteiger partial charge in [-0.3, -0.25) is 9.59 Å². The summed E-state index contributed by atoms with van der Waals surface area (Å²) in [7, 11) is 0. The topological polar surface area (TPSA) is 103 Å². The van der Waals surface area contributed by atoms with Crippen LogP contribution >= 0.6 is 0 Å². The number of nitriles is 1. The molecule has 0 saturated heterocycles. The molecule has 0 aliphatic carbocycles. The minimum atomic E-state index is -0.426. The average molecular weight is 484 g/mol. The predicted octanol–water partition coefficient (Wildman–Crippen LogP) is 2.44. The van der Waals surface area contributed by atoms with E-state index < -0.39 is 6.04 Å². The molecule has 7 heteroatoms. The van der Waals surface area contributed by atoms with E-state index in [2.05, 4.69) is 5.32 Å². The minimum absolute atomic E-state index is 0. The molecule has 1 rings (SSSR count). The number of hydrogen-bond donors (Lipinski definition) is 1. The van der Waals surface area contributed by atoms with Gasteiger partial charge in [0.2, 0.25) is 5.91 Å². The van der Waals surface area contributed by atoms with Crippen molar-refractivity contribution in [2.24, 2.45) is 0 Å². The number of ketones is 1. The Bertz CT molecular complexity index is 648. The van der Waals surface area contributed by atoms with Gasteiger partial charge in [0.15, 0.2) is 5.78 Å². The van der Waals surface area contributed by atoms with E-state index in [-0.39, 0.29) is 45.1 Å². The van der Waals surface area contributed by atoms with Crippen molar-refractivity contribution in [2.45, 2.75) is 26.8 Å². The number of rotatable bonds is 6. The molecule has 23 heavy (non-hydrogen) atoms. The molecule has 0 radical (unpaired) electrons. The number of amides is 1. The van der Waals surface area contributed by atoms with E-state index in [1.54, 1.807) is 25.1 Å². The Morgan fingerprint density at radius 2 is 2.09 bits per heavy atom. The first-order chi connectivity index (χ1) is 10.3. The second-order valence-corrected chi connectivity index (χ2v) is 4.87. The Hall–Kier alpha value is -1.96. The van der Waals surface area contributed by atoms with Crippen LogP contribution in [0.3, 0.4) is 0 Å². The Morgan fingerprint density at radius 1 is 1.43 bits per heavy atom. The number of carbonyl (C=O) groups is 2. The fraction of sp³-hybridized carbons (Fsp3) is 0.312. The molecule has 1 aromatic rings. The summed E-state index contributed by atoms with van der Waals surface area (Å²) in [6.45, 7) is 4.50. The number of ether oxygens (including phenoxy) is 1. The van der Waals surface area contributed by atoms with Gasteiger partial charge in [-0.05, 0) is 24.3 Å². The van der Waals surface area contributed by atoms with Crippen LogP contribution in [0.2, 0.25) is 0 Å². The molecule has 0 spiro atoms. The van der Waals surface area contributed by atoms with E-state index in [0.29, 0.717) is 16.9 Å². The molecule has 1 atom stereocenters. The van der Waals surface area contributed by atoms with Crippen molar-refractivity contribution in [3.8, 4) is 11.8 Å². The third-order valence-electron chi connectivity index (χ3n) is 2.62. The van der Waals surface area contributed by atoms with E-state index in [1.165, 1.54) is 19.9 Å². The maximum absolute atomic E-state index is 11.6. The third kappa shape index (κ3) is 7.23. The molecule has 0 aliphatic rings. The number of nitrogens with zero attached hydrogens (tertiary/aromatic N) is 1. The summed E-state index contributed by atoms with van der Waals surface area (Å²) in [4.78, 5) is 22.7. The Morgan fingerprint density at radius 3 is 2.57 bits per heavy atom. The Kier molecular flexibility index (Phi) is 9.09. The number of allylic oxidation sites excluding steroid dienone is 1. The van der Waals surface area contributed by atoms with Crippen LogP contribution in [0, 0.1) is 11.3 Å². The van der Waals surface area contributed by atoms with Crippen LogP contribution in [-0.4, -0.2) is 24.3 Å². The summed E-state index contributed by atoms with van der Waals surface area (Å²) in [5.41, 5.74) is 8.59. The molecule has 0 aromatic heterocycles. The molecule has 120 valence electrons. The number of hydrogen-bond acceptors (Lipinski definition) is 4. The Labute approximate surface area is 149 Å². The monoisotopic (exact) mass is 484 g/mol. The van der Waals surface area contributed by atoms with Crippen LogP contribution < -0.4 is 10.1 Å². The van der Waals surface area contributed by atoms with Crippen molar-refractivity contribution in [3.05, 3.63) is 40.8 Å². The van der Waals surface area contributed by atoms with E-state index in [9.17, 15) is 9.59 Å². The van der Waals surface area contributed by atoms with E-state index in [4.69, 9.17) is 15.7 Å². The molecular formula is C16H18N3O3W+. The maximum Gasteiger partial charge on any atom is 2.00 e. The molecule has 6 nitrogen and oxygen atoms in total. The normalized spacial score (nSPS) is 11.7. The molecule has 0 saturated carbocycles. The zero-order valence-corrected chi connectivity index (χ0v) is 16.1. The Balaban J connectivity index is 0.00000484. The molecule has 1 amide bonds. The summed E-state index contributed by atoms with van der Waals surface area (Å²) in [5, 5.41) is 11.4. The second-order valence-electron chi connectivity index (χ2n) is 4.87. The van der Waals surface area contributed by atoms with Crippen molar-refractivity contribution in [1.82, 2.24) is 5.32 Å². The van der Waals surface area contributed by atoms with Crippen LogP contribution in [0.15, 0.2) is 23.9 Å². The predicted molar refractivity (Wildman–Crippen MR) is 82.9 cm³/mol. The zero-order chi connectivity index (χ0) is 16.7. The van der Waals surface area contributed by atoms with Gasteiger partial charge in [0.05, 0.1) is 23.9 Å².